The SMILES string of the molecule is CC(/C=C/c1ccccc1)c1ccc(Br)cc1C(=O)NS(C)(=O)=O. The molecule has 0 spiro atoms. The van der Waals surface area contributed by atoms with Gasteiger partial charge in [-0.3, -0.25) is 4.79 Å². The van der Waals surface area contributed by atoms with Crippen LogP contribution in [0.5, 0.6) is 0 Å². The van der Waals surface area contributed by atoms with Crippen molar-refractivity contribution in [3.63, 3.8) is 0 Å². The van der Waals surface area contributed by atoms with E-state index in [1.165, 1.54) is 0 Å². The first-order valence-electron chi connectivity index (χ1n) is 7.31. The Morgan fingerprint density at radius 1 is 1.17 bits per heavy atom. The molecule has 0 aliphatic carbocycles. The average molecular weight is 408 g/mol. The van der Waals surface area contributed by atoms with Crippen LogP contribution in [0, 0.1) is 0 Å². The number of carbonyl (C=O) groups excluding carboxylic acids is 1. The monoisotopic (exact) mass is 407 g/mol. The molecule has 24 heavy (non-hydrogen) atoms. The third-order valence-corrected chi connectivity index (χ3v) is 4.45. The summed E-state index contributed by atoms with van der Waals surface area (Å²) in [5, 5.41) is 0. The summed E-state index contributed by atoms with van der Waals surface area (Å²) in [5.74, 6) is -0.688. The molecule has 1 N–H and O–H groups in total. The fourth-order valence-corrected chi connectivity index (χ4v) is 3.08. The number of halogens is 1. The highest BCUT2D eigenvalue weighted by Gasteiger charge is 2.18. The van der Waals surface area contributed by atoms with Crippen LogP contribution in [0.15, 0.2) is 59.1 Å². The molecule has 4 nitrogen and oxygen atoms in total. The van der Waals surface area contributed by atoms with Crippen LogP contribution < -0.4 is 4.72 Å². The third kappa shape index (κ3) is 5.32. The van der Waals surface area contributed by atoms with E-state index in [-0.39, 0.29) is 5.92 Å². The lowest BCUT2D eigenvalue weighted by molar-refractivity contribution is 0.0980. The molecule has 6 heteroatoms. The molecule has 0 fully saturated rings. The Kier molecular flexibility index (Phi) is 5.96. The molecular weight excluding hydrogens is 390 g/mol. The van der Waals surface area contributed by atoms with Gasteiger partial charge in [0.25, 0.3) is 5.91 Å². The van der Waals surface area contributed by atoms with E-state index in [0.29, 0.717) is 10.0 Å². The normalized spacial score (nSPS) is 13.0. The fraction of sp³-hybridized carbons (Fsp3) is 0.167. The molecule has 0 aromatic heterocycles. The van der Waals surface area contributed by atoms with Gasteiger partial charge in [0.2, 0.25) is 10.0 Å². The zero-order valence-electron chi connectivity index (χ0n) is 13.4. The van der Waals surface area contributed by atoms with Crippen LogP contribution in [0.4, 0.5) is 0 Å². The van der Waals surface area contributed by atoms with Crippen molar-refractivity contribution in [3.05, 3.63) is 75.8 Å². The fourth-order valence-electron chi connectivity index (χ4n) is 2.27. The highest BCUT2D eigenvalue weighted by atomic mass is 79.9. The Morgan fingerprint density at radius 3 is 2.46 bits per heavy atom. The predicted octanol–water partition coefficient (Wildman–Crippen LogP) is 3.96. The van der Waals surface area contributed by atoms with Gasteiger partial charge in [-0.1, -0.05) is 71.4 Å². The second-order valence-corrected chi connectivity index (χ2v) is 8.16. The van der Waals surface area contributed by atoms with Crippen LogP contribution in [0.3, 0.4) is 0 Å². The Labute approximate surface area is 150 Å². The first-order chi connectivity index (χ1) is 11.3. The van der Waals surface area contributed by atoms with Gasteiger partial charge in [0.1, 0.15) is 0 Å². The van der Waals surface area contributed by atoms with Crippen LogP contribution in [0.1, 0.15) is 34.3 Å². The molecule has 2 aromatic rings. The van der Waals surface area contributed by atoms with Gasteiger partial charge in [-0.2, -0.15) is 0 Å². The largest absolute Gasteiger partial charge is 0.268 e. The number of benzene rings is 2. The summed E-state index contributed by atoms with van der Waals surface area (Å²) in [6.45, 7) is 1.96. The summed E-state index contributed by atoms with van der Waals surface area (Å²) in [5.41, 5.74) is 2.15. The summed E-state index contributed by atoms with van der Waals surface area (Å²) >= 11 is 3.32. The molecule has 0 aliphatic heterocycles. The molecule has 1 unspecified atom stereocenters. The molecular formula is C18H18BrNO3S. The van der Waals surface area contributed by atoms with Gasteiger partial charge in [-0.05, 0) is 23.3 Å². The van der Waals surface area contributed by atoms with Gasteiger partial charge in [-0.15, -0.1) is 0 Å². The lowest BCUT2D eigenvalue weighted by Crippen LogP contribution is -2.30. The second-order valence-electron chi connectivity index (χ2n) is 5.49. The van der Waals surface area contributed by atoms with E-state index < -0.39 is 15.9 Å². The van der Waals surface area contributed by atoms with E-state index in [1.807, 2.05) is 66.3 Å². The molecule has 0 saturated carbocycles. The van der Waals surface area contributed by atoms with Gasteiger partial charge >= 0.3 is 0 Å². The number of nitrogens with one attached hydrogen (secondary N) is 1. The van der Waals surface area contributed by atoms with Crippen LogP contribution in [0.2, 0.25) is 0 Å². The molecule has 0 aliphatic rings. The molecule has 0 heterocycles. The molecule has 1 atom stereocenters. The minimum absolute atomic E-state index is 0.0568. The van der Waals surface area contributed by atoms with E-state index in [4.69, 9.17) is 0 Å². The number of carbonyl (C=O) groups is 1. The standard InChI is InChI=1S/C18H18BrNO3S/c1-13(8-9-14-6-4-3-5-7-14)16-11-10-15(19)12-17(16)18(21)20-24(2,22)23/h3-13H,1-2H3,(H,20,21)/b9-8+. The van der Waals surface area contributed by atoms with Crippen LogP contribution in [0.25, 0.3) is 6.08 Å². The first kappa shape index (κ1) is 18.4. The number of hydrogen-bond acceptors (Lipinski definition) is 3. The molecule has 126 valence electrons. The second kappa shape index (κ2) is 7.77. The Morgan fingerprint density at radius 2 is 1.83 bits per heavy atom. The van der Waals surface area contributed by atoms with Crippen LogP contribution in [-0.4, -0.2) is 20.6 Å². The summed E-state index contributed by atoms with van der Waals surface area (Å²) in [6, 6.07) is 15.1. The Hall–Kier alpha value is -1.92. The molecule has 2 aromatic carbocycles. The van der Waals surface area contributed by atoms with Gasteiger partial charge in [0.05, 0.1) is 6.26 Å². The molecule has 0 saturated heterocycles. The summed E-state index contributed by atoms with van der Waals surface area (Å²) in [7, 11) is -3.61. The van der Waals surface area contributed by atoms with Crippen LogP contribution in [-0.2, 0) is 10.0 Å². The van der Waals surface area contributed by atoms with E-state index in [9.17, 15) is 13.2 Å². The van der Waals surface area contributed by atoms with Crippen LogP contribution >= 0.6 is 15.9 Å². The third-order valence-electron chi connectivity index (χ3n) is 3.41. The quantitative estimate of drug-likeness (QED) is 0.815. The van der Waals surface area contributed by atoms with Crippen molar-refractivity contribution in [2.45, 2.75) is 12.8 Å². The van der Waals surface area contributed by atoms with Gasteiger partial charge in [0.15, 0.2) is 0 Å². The van der Waals surface area contributed by atoms with E-state index in [2.05, 4.69) is 15.9 Å². The number of allylic oxidation sites excluding steroid dienone is 1. The molecule has 2 rings (SSSR count). The Bertz CT molecular complexity index is 861. The lowest BCUT2D eigenvalue weighted by atomic mass is 9.94. The van der Waals surface area contributed by atoms with Gasteiger partial charge in [0, 0.05) is 16.0 Å². The van der Waals surface area contributed by atoms with E-state index in [1.54, 1.807) is 6.07 Å². The van der Waals surface area contributed by atoms with E-state index in [0.717, 1.165) is 17.4 Å². The van der Waals surface area contributed by atoms with Crippen molar-refractivity contribution in [3.8, 4) is 0 Å². The first-order valence-corrected chi connectivity index (χ1v) is 9.99. The van der Waals surface area contributed by atoms with Crippen molar-refractivity contribution < 1.29 is 13.2 Å². The highest BCUT2D eigenvalue weighted by molar-refractivity contribution is 9.10. The summed E-state index contributed by atoms with van der Waals surface area (Å²) in [6.07, 6.45) is 4.92. The predicted molar refractivity (Wildman–Crippen MR) is 100 cm³/mol. The lowest BCUT2D eigenvalue weighted by Gasteiger charge is -2.14. The average Bonchev–Trinajstić information content (AvgIpc) is 2.52. The van der Waals surface area contributed by atoms with Gasteiger partial charge < -0.3 is 0 Å². The smallest absolute Gasteiger partial charge is 0.265 e. The minimum Gasteiger partial charge on any atom is -0.268 e. The summed E-state index contributed by atoms with van der Waals surface area (Å²) < 4.78 is 25.4. The maximum Gasteiger partial charge on any atom is 0.265 e. The van der Waals surface area contributed by atoms with E-state index >= 15 is 0 Å². The molecule has 1 amide bonds. The van der Waals surface area contributed by atoms with Crippen molar-refractivity contribution >= 4 is 37.9 Å². The topological polar surface area (TPSA) is 63.2 Å². The zero-order chi connectivity index (χ0) is 17.7. The zero-order valence-corrected chi connectivity index (χ0v) is 15.8. The van der Waals surface area contributed by atoms with Crippen molar-refractivity contribution in [1.82, 2.24) is 4.72 Å². The molecule has 0 radical (unpaired) electrons. The number of sulfonamides is 1. The van der Waals surface area contributed by atoms with Gasteiger partial charge in [-0.25, -0.2) is 13.1 Å². The highest BCUT2D eigenvalue weighted by Crippen LogP contribution is 2.25. The number of hydrogen-bond donors (Lipinski definition) is 1. The molecule has 0 bridgehead atoms. The number of amides is 1. The maximum atomic E-state index is 12.3. The van der Waals surface area contributed by atoms with Crippen molar-refractivity contribution in [1.29, 1.82) is 0 Å². The Balaban J connectivity index is 2.32. The van der Waals surface area contributed by atoms with Crippen molar-refractivity contribution in [2.75, 3.05) is 6.26 Å². The summed E-state index contributed by atoms with van der Waals surface area (Å²) in [4.78, 5) is 12.3. The number of rotatable bonds is 5. The van der Waals surface area contributed by atoms with Crippen molar-refractivity contribution in [2.24, 2.45) is 0 Å². The maximum absolute atomic E-state index is 12.3. The minimum atomic E-state index is -3.61.